The zero-order chi connectivity index (χ0) is 14.3. The first kappa shape index (κ1) is 15.0. The van der Waals surface area contributed by atoms with Crippen LogP contribution in [0.3, 0.4) is 0 Å². The molecule has 0 saturated carbocycles. The molecule has 19 heavy (non-hydrogen) atoms. The summed E-state index contributed by atoms with van der Waals surface area (Å²) in [5.41, 5.74) is 1.33. The van der Waals surface area contributed by atoms with Crippen molar-refractivity contribution in [1.82, 2.24) is 5.32 Å². The normalized spacial score (nSPS) is 10.1. The van der Waals surface area contributed by atoms with Crippen molar-refractivity contribution in [1.29, 1.82) is 0 Å². The fraction of sp³-hybridized carbons (Fsp3) is 0.429. The lowest BCUT2D eigenvalue weighted by atomic mass is 10.0. The van der Waals surface area contributed by atoms with Gasteiger partial charge in [0.05, 0.1) is 0 Å². The summed E-state index contributed by atoms with van der Waals surface area (Å²) in [6, 6.07) is 6.80. The second-order valence-corrected chi connectivity index (χ2v) is 4.29. The summed E-state index contributed by atoms with van der Waals surface area (Å²) in [5.74, 6) is 0.0395. The first-order valence-corrected chi connectivity index (χ1v) is 6.50. The SMILES string of the molecule is CCC(CC)C(=O)Nc1cccc(NC(=O)NC)c1. The molecule has 0 bridgehead atoms. The third-order valence-electron chi connectivity index (χ3n) is 2.97. The molecule has 3 amide bonds. The third-order valence-corrected chi connectivity index (χ3v) is 2.97. The van der Waals surface area contributed by atoms with Crippen LogP contribution in [-0.4, -0.2) is 19.0 Å². The molecule has 1 aromatic rings. The Morgan fingerprint density at radius 1 is 1.11 bits per heavy atom. The zero-order valence-corrected chi connectivity index (χ0v) is 11.6. The van der Waals surface area contributed by atoms with Gasteiger partial charge in [-0.1, -0.05) is 19.9 Å². The van der Waals surface area contributed by atoms with E-state index in [2.05, 4.69) is 16.0 Å². The van der Waals surface area contributed by atoms with E-state index in [-0.39, 0.29) is 17.9 Å². The van der Waals surface area contributed by atoms with Crippen LogP contribution in [0, 0.1) is 5.92 Å². The van der Waals surface area contributed by atoms with Gasteiger partial charge in [-0.2, -0.15) is 0 Å². The zero-order valence-electron chi connectivity index (χ0n) is 11.6. The molecule has 5 heteroatoms. The summed E-state index contributed by atoms with van der Waals surface area (Å²) < 4.78 is 0. The van der Waals surface area contributed by atoms with Gasteiger partial charge in [0.2, 0.25) is 5.91 Å². The summed E-state index contributed by atoms with van der Waals surface area (Å²) in [6.45, 7) is 3.99. The maximum atomic E-state index is 12.0. The van der Waals surface area contributed by atoms with Crippen LogP contribution in [0.25, 0.3) is 0 Å². The van der Waals surface area contributed by atoms with Crippen LogP contribution in [0.5, 0.6) is 0 Å². The summed E-state index contributed by atoms with van der Waals surface area (Å²) in [6.07, 6.45) is 1.64. The van der Waals surface area contributed by atoms with Crippen LogP contribution in [0.4, 0.5) is 16.2 Å². The van der Waals surface area contributed by atoms with Gasteiger partial charge in [-0.25, -0.2) is 4.79 Å². The molecular formula is C14H21N3O2. The Morgan fingerprint density at radius 2 is 1.68 bits per heavy atom. The molecule has 0 aromatic heterocycles. The second-order valence-electron chi connectivity index (χ2n) is 4.29. The van der Waals surface area contributed by atoms with E-state index in [0.29, 0.717) is 11.4 Å². The Morgan fingerprint density at radius 3 is 2.21 bits per heavy atom. The number of carbonyl (C=O) groups excluding carboxylic acids is 2. The molecule has 0 aliphatic rings. The number of nitrogens with one attached hydrogen (secondary N) is 3. The van der Waals surface area contributed by atoms with Crippen molar-refractivity contribution in [3.8, 4) is 0 Å². The van der Waals surface area contributed by atoms with E-state index in [0.717, 1.165) is 12.8 Å². The number of amides is 3. The average molecular weight is 263 g/mol. The lowest BCUT2D eigenvalue weighted by molar-refractivity contribution is -0.120. The summed E-state index contributed by atoms with van der Waals surface area (Å²) in [4.78, 5) is 23.2. The van der Waals surface area contributed by atoms with Crippen LogP contribution >= 0.6 is 0 Å². The number of urea groups is 1. The van der Waals surface area contributed by atoms with Gasteiger partial charge in [0.25, 0.3) is 0 Å². The number of carbonyl (C=O) groups is 2. The quantitative estimate of drug-likeness (QED) is 0.764. The highest BCUT2D eigenvalue weighted by molar-refractivity contribution is 5.94. The highest BCUT2D eigenvalue weighted by Gasteiger charge is 2.14. The molecule has 0 radical (unpaired) electrons. The second kappa shape index (κ2) is 7.41. The number of benzene rings is 1. The van der Waals surface area contributed by atoms with E-state index in [9.17, 15) is 9.59 Å². The van der Waals surface area contributed by atoms with E-state index in [1.54, 1.807) is 31.3 Å². The molecule has 1 aromatic carbocycles. The fourth-order valence-electron chi connectivity index (χ4n) is 1.77. The van der Waals surface area contributed by atoms with Crippen molar-refractivity contribution in [2.75, 3.05) is 17.7 Å². The Kier molecular flexibility index (Phi) is 5.85. The van der Waals surface area contributed by atoms with Gasteiger partial charge < -0.3 is 16.0 Å². The molecule has 0 fully saturated rings. The van der Waals surface area contributed by atoms with Crippen molar-refractivity contribution in [3.05, 3.63) is 24.3 Å². The average Bonchev–Trinajstić information content (AvgIpc) is 2.40. The first-order valence-electron chi connectivity index (χ1n) is 6.50. The van der Waals surface area contributed by atoms with Crippen LogP contribution in [0.1, 0.15) is 26.7 Å². The lowest BCUT2D eigenvalue weighted by Gasteiger charge is -2.13. The molecule has 0 heterocycles. The maximum Gasteiger partial charge on any atom is 0.318 e. The molecule has 1 rings (SSSR count). The summed E-state index contributed by atoms with van der Waals surface area (Å²) in [5, 5.41) is 8.00. The minimum absolute atomic E-state index is 0.0158. The van der Waals surface area contributed by atoms with Crippen LogP contribution in [-0.2, 0) is 4.79 Å². The Labute approximate surface area is 113 Å². The molecule has 0 unspecified atom stereocenters. The van der Waals surface area contributed by atoms with Crippen molar-refractivity contribution in [2.24, 2.45) is 5.92 Å². The van der Waals surface area contributed by atoms with Gasteiger partial charge in [0.1, 0.15) is 0 Å². The first-order chi connectivity index (χ1) is 9.10. The molecule has 0 atom stereocenters. The van der Waals surface area contributed by atoms with Crippen molar-refractivity contribution in [2.45, 2.75) is 26.7 Å². The minimum atomic E-state index is -0.288. The molecule has 3 N–H and O–H groups in total. The predicted molar refractivity (Wildman–Crippen MR) is 77.2 cm³/mol. The third kappa shape index (κ3) is 4.62. The molecule has 0 saturated heterocycles. The monoisotopic (exact) mass is 263 g/mol. The van der Waals surface area contributed by atoms with E-state index < -0.39 is 0 Å². The van der Waals surface area contributed by atoms with Gasteiger partial charge in [-0.05, 0) is 31.0 Å². The largest absolute Gasteiger partial charge is 0.341 e. The van der Waals surface area contributed by atoms with Gasteiger partial charge in [-0.15, -0.1) is 0 Å². The number of rotatable bonds is 5. The predicted octanol–water partition coefficient (Wildman–Crippen LogP) is 2.81. The molecule has 0 aliphatic heterocycles. The van der Waals surface area contributed by atoms with Crippen molar-refractivity contribution < 1.29 is 9.59 Å². The molecule has 0 aliphatic carbocycles. The lowest BCUT2D eigenvalue weighted by Crippen LogP contribution is -2.24. The van der Waals surface area contributed by atoms with Gasteiger partial charge >= 0.3 is 6.03 Å². The van der Waals surface area contributed by atoms with E-state index in [1.165, 1.54) is 0 Å². The Hall–Kier alpha value is -2.04. The molecule has 0 spiro atoms. The van der Waals surface area contributed by atoms with Crippen LogP contribution in [0.2, 0.25) is 0 Å². The van der Waals surface area contributed by atoms with E-state index in [4.69, 9.17) is 0 Å². The Balaban J connectivity index is 2.71. The van der Waals surface area contributed by atoms with E-state index in [1.807, 2.05) is 13.8 Å². The smallest absolute Gasteiger partial charge is 0.318 e. The van der Waals surface area contributed by atoms with E-state index >= 15 is 0 Å². The fourth-order valence-corrected chi connectivity index (χ4v) is 1.77. The van der Waals surface area contributed by atoms with Gasteiger partial charge in [0, 0.05) is 24.3 Å². The topological polar surface area (TPSA) is 70.2 Å². The van der Waals surface area contributed by atoms with Crippen molar-refractivity contribution >= 4 is 23.3 Å². The number of hydrogen-bond acceptors (Lipinski definition) is 2. The number of hydrogen-bond donors (Lipinski definition) is 3. The van der Waals surface area contributed by atoms with Crippen LogP contribution < -0.4 is 16.0 Å². The summed E-state index contributed by atoms with van der Waals surface area (Å²) in [7, 11) is 1.55. The Bertz CT molecular complexity index is 442. The summed E-state index contributed by atoms with van der Waals surface area (Å²) >= 11 is 0. The highest BCUT2D eigenvalue weighted by Crippen LogP contribution is 2.17. The van der Waals surface area contributed by atoms with Gasteiger partial charge in [-0.3, -0.25) is 4.79 Å². The molecule has 104 valence electrons. The van der Waals surface area contributed by atoms with Gasteiger partial charge in [0.15, 0.2) is 0 Å². The van der Waals surface area contributed by atoms with Crippen LogP contribution in [0.15, 0.2) is 24.3 Å². The molecular weight excluding hydrogens is 242 g/mol. The standard InChI is InChI=1S/C14H21N3O2/c1-4-10(5-2)13(18)16-11-7-6-8-12(9-11)17-14(19)15-3/h6-10H,4-5H2,1-3H3,(H,16,18)(H2,15,17,19). The maximum absolute atomic E-state index is 12.0. The highest BCUT2D eigenvalue weighted by atomic mass is 16.2. The molecule has 5 nitrogen and oxygen atoms in total. The number of anilines is 2. The van der Waals surface area contributed by atoms with Crippen molar-refractivity contribution in [3.63, 3.8) is 0 Å². The minimum Gasteiger partial charge on any atom is -0.341 e.